The van der Waals surface area contributed by atoms with Gasteiger partial charge in [-0.1, -0.05) is 12.8 Å². The van der Waals surface area contributed by atoms with E-state index in [1.54, 1.807) is 29.6 Å². The zero-order valence-corrected chi connectivity index (χ0v) is 22.7. The third-order valence-electron chi connectivity index (χ3n) is 5.86. The molecule has 3 heterocycles. The number of aryl methyl sites for hydroxylation is 1. The average molecular weight is 608 g/mol. The fourth-order valence-corrected chi connectivity index (χ4v) is 5.08. The lowest BCUT2D eigenvalue weighted by molar-refractivity contribution is 0.0829. The molecular weight excluding hydrogens is 585 g/mol. The molecule has 1 amide bonds. The Kier molecular flexibility index (Phi) is 7.70. The molecular formula is C23H23BrN5O6PS. The van der Waals surface area contributed by atoms with Crippen LogP contribution in [0.25, 0.3) is 22.3 Å². The molecule has 1 fully saturated rings. The molecule has 1 aliphatic carbocycles. The number of carbonyl (C=O) groups is 1. The van der Waals surface area contributed by atoms with Crippen molar-refractivity contribution < 1.29 is 28.4 Å². The first kappa shape index (κ1) is 26.0. The zero-order chi connectivity index (χ0) is 26.0. The summed E-state index contributed by atoms with van der Waals surface area (Å²) in [5.41, 5.74) is 2.59. The number of ether oxygens (including phenoxy) is 1. The van der Waals surface area contributed by atoms with E-state index >= 15 is 0 Å². The van der Waals surface area contributed by atoms with Gasteiger partial charge < -0.3 is 19.8 Å². The number of aromatic nitrogens is 4. The van der Waals surface area contributed by atoms with Crippen LogP contribution in [-0.4, -0.2) is 41.6 Å². The Bertz CT molecular complexity index is 1450. The molecule has 1 saturated carbocycles. The van der Waals surface area contributed by atoms with Crippen LogP contribution >= 0.6 is 35.3 Å². The Morgan fingerprint density at radius 3 is 2.73 bits per heavy atom. The van der Waals surface area contributed by atoms with Gasteiger partial charge in [-0.15, -0.1) is 0 Å². The predicted octanol–water partition coefficient (Wildman–Crippen LogP) is 5.21. The summed E-state index contributed by atoms with van der Waals surface area (Å²) in [4.78, 5) is 35.1. The van der Waals surface area contributed by atoms with Crippen LogP contribution in [0, 0.1) is 5.92 Å². The first-order valence-electron chi connectivity index (χ1n) is 11.5. The van der Waals surface area contributed by atoms with Crippen LogP contribution in [-0.2, 0) is 15.6 Å². The number of benzene rings is 1. The smallest absolute Gasteiger partial charge is 0.467 e. The van der Waals surface area contributed by atoms with Gasteiger partial charge in [0, 0.05) is 22.0 Å². The number of amides is 1. The molecule has 37 heavy (non-hydrogen) atoms. The maximum Gasteiger partial charge on any atom is 0.472 e. The summed E-state index contributed by atoms with van der Waals surface area (Å²) in [6, 6.07) is 8.77. The van der Waals surface area contributed by atoms with Crippen molar-refractivity contribution in [1.82, 2.24) is 19.1 Å². The molecule has 14 heteroatoms. The molecule has 0 atom stereocenters. The third kappa shape index (κ3) is 6.61. The van der Waals surface area contributed by atoms with Gasteiger partial charge in [-0.25, -0.2) is 23.1 Å². The fraction of sp³-hybridized carbons (Fsp3) is 0.304. The number of fused-ring (bicyclic) bond motifs is 1. The second kappa shape index (κ2) is 11.0. The molecule has 0 aliphatic heterocycles. The molecule has 3 aromatic heterocycles. The Labute approximate surface area is 224 Å². The number of carbonyl (C=O) groups excluding carboxylic acids is 1. The molecule has 3 N–H and O–H groups in total. The van der Waals surface area contributed by atoms with Gasteiger partial charge in [0.2, 0.25) is 0 Å². The first-order chi connectivity index (χ1) is 17.8. The summed E-state index contributed by atoms with van der Waals surface area (Å²) >= 11 is 4.81. The molecule has 0 spiro atoms. The molecule has 11 nitrogen and oxygen atoms in total. The van der Waals surface area contributed by atoms with Crippen LogP contribution in [0.15, 0.2) is 46.4 Å². The lowest BCUT2D eigenvalue weighted by Gasteiger charge is -2.10. The van der Waals surface area contributed by atoms with Gasteiger partial charge in [0.25, 0.3) is 5.91 Å². The number of pyridine rings is 1. The molecule has 0 saturated heterocycles. The Morgan fingerprint density at radius 2 is 2.05 bits per heavy atom. The number of hydrogen-bond acceptors (Lipinski definition) is 8. The minimum Gasteiger partial charge on any atom is -0.467 e. The van der Waals surface area contributed by atoms with Gasteiger partial charge in [-0.2, -0.15) is 5.10 Å². The Morgan fingerprint density at radius 1 is 1.27 bits per heavy atom. The second-order valence-electron chi connectivity index (χ2n) is 8.62. The van der Waals surface area contributed by atoms with Crippen molar-refractivity contribution in [3.63, 3.8) is 0 Å². The summed E-state index contributed by atoms with van der Waals surface area (Å²) in [7, 11) is -4.60. The number of halogens is 1. The predicted molar refractivity (Wildman–Crippen MR) is 141 cm³/mol. The van der Waals surface area contributed by atoms with E-state index < -0.39 is 14.6 Å². The van der Waals surface area contributed by atoms with E-state index in [1.165, 1.54) is 30.6 Å². The average Bonchev–Trinajstić information content (AvgIpc) is 3.39. The van der Waals surface area contributed by atoms with Crippen molar-refractivity contribution >= 4 is 58.0 Å². The van der Waals surface area contributed by atoms with Gasteiger partial charge in [-0.05, 0) is 76.6 Å². The first-order valence-corrected chi connectivity index (χ1v) is 14.6. The SMILES string of the molecule is O=C(Nc1nn(CCCC2CC2)c2nc(-c3ccc(OCOP(=O)(O)O)cc3)c(Br)cc12)c1cnsc1. The van der Waals surface area contributed by atoms with Crippen molar-refractivity contribution in [3.05, 3.63) is 51.9 Å². The Balaban J connectivity index is 1.42. The van der Waals surface area contributed by atoms with E-state index in [-0.39, 0.29) is 5.91 Å². The fourth-order valence-electron chi connectivity index (χ4n) is 3.83. The highest BCUT2D eigenvalue weighted by Gasteiger charge is 2.22. The number of phosphoric acid groups is 1. The summed E-state index contributed by atoms with van der Waals surface area (Å²) < 4.78 is 26.9. The highest BCUT2D eigenvalue weighted by molar-refractivity contribution is 9.10. The molecule has 1 aliphatic rings. The van der Waals surface area contributed by atoms with Gasteiger partial charge in [0.05, 0.1) is 22.8 Å². The van der Waals surface area contributed by atoms with E-state index in [0.29, 0.717) is 44.9 Å². The highest BCUT2D eigenvalue weighted by atomic mass is 79.9. The van der Waals surface area contributed by atoms with Crippen LogP contribution in [0.5, 0.6) is 5.75 Å². The summed E-state index contributed by atoms with van der Waals surface area (Å²) in [5.74, 6) is 1.34. The molecule has 0 radical (unpaired) electrons. The van der Waals surface area contributed by atoms with E-state index in [2.05, 4.69) is 35.2 Å². The van der Waals surface area contributed by atoms with E-state index in [4.69, 9.17) is 19.5 Å². The number of anilines is 1. The number of nitrogens with one attached hydrogen (secondary N) is 1. The summed E-state index contributed by atoms with van der Waals surface area (Å²) in [6.45, 7) is 0.108. The van der Waals surface area contributed by atoms with Crippen molar-refractivity contribution in [2.45, 2.75) is 32.2 Å². The van der Waals surface area contributed by atoms with Crippen molar-refractivity contribution in [3.8, 4) is 17.0 Å². The lowest BCUT2D eigenvalue weighted by atomic mass is 10.1. The number of nitrogens with zero attached hydrogens (tertiary/aromatic N) is 4. The normalized spacial score (nSPS) is 13.7. The van der Waals surface area contributed by atoms with Crippen molar-refractivity contribution in [2.24, 2.45) is 5.92 Å². The monoisotopic (exact) mass is 607 g/mol. The standard InChI is InChI=1S/C23H23BrN5O6PS/c24-19-10-18-21(27-23(30)16-11-25-37-12-16)28-29(9-1-2-14-3-4-14)22(18)26-20(19)15-5-7-17(8-6-15)34-13-35-36(31,32)33/h5-8,10-12,14H,1-4,9,13H2,(H,27,28,30)(H2,31,32,33). The van der Waals surface area contributed by atoms with E-state index in [0.717, 1.165) is 24.3 Å². The van der Waals surface area contributed by atoms with Gasteiger partial charge in [-0.3, -0.25) is 4.79 Å². The maximum atomic E-state index is 12.7. The van der Waals surface area contributed by atoms with Gasteiger partial charge in [0.15, 0.2) is 18.3 Å². The second-order valence-corrected chi connectivity index (χ2v) is 11.4. The minimum absolute atomic E-state index is 0.281. The largest absolute Gasteiger partial charge is 0.472 e. The quantitative estimate of drug-likeness (QED) is 0.154. The molecule has 0 bridgehead atoms. The Hall–Kier alpha value is -2.67. The maximum absolute atomic E-state index is 12.7. The highest BCUT2D eigenvalue weighted by Crippen LogP contribution is 2.37. The van der Waals surface area contributed by atoms with Gasteiger partial charge >= 0.3 is 7.82 Å². The zero-order valence-electron chi connectivity index (χ0n) is 19.4. The summed E-state index contributed by atoms with van der Waals surface area (Å²) in [6.07, 6.45) is 6.21. The van der Waals surface area contributed by atoms with E-state index in [1.807, 2.05) is 10.7 Å². The van der Waals surface area contributed by atoms with Crippen LogP contribution in [0.1, 0.15) is 36.0 Å². The van der Waals surface area contributed by atoms with Crippen molar-refractivity contribution in [1.29, 1.82) is 0 Å². The van der Waals surface area contributed by atoms with Crippen LogP contribution in [0.2, 0.25) is 0 Å². The van der Waals surface area contributed by atoms with E-state index in [9.17, 15) is 9.36 Å². The summed E-state index contributed by atoms with van der Waals surface area (Å²) in [5, 5.41) is 9.98. The molecule has 0 unspecified atom stereocenters. The van der Waals surface area contributed by atoms with Crippen molar-refractivity contribution in [2.75, 3.05) is 12.1 Å². The lowest BCUT2D eigenvalue weighted by Crippen LogP contribution is -2.12. The number of hydrogen-bond donors (Lipinski definition) is 3. The number of rotatable bonds is 11. The third-order valence-corrected chi connectivity index (χ3v) is 7.49. The van der Waals surface area contributed by atoms with Crippen LogP contribution in [0.3, 0.4) is 0 Å². The molecule has 5 rings (SSSR count). The molecule has 194 valence electrons. The molecule has 1 aromatic carbocycles. The number of phosphoric ester groups is 1. The van der Waals surface area contributed by atoms with Gasteiger partial charge in [0.1, 0.15) is 5.75 Å². The molecule has 4 aromatic rings. The topological polar surface area (TPSA) is 149 Å². The van der Waals surface area contributed by atoms with Crippen LogP contribution < -0.4 is 10.1 Å². The van der Waals surface area contributed by atoms with Crippen LogP contribution in [0.4, 0.5) is 5.82 Å². The minimum atomic E-state index is -4.60.